The van der Waals surface area contributed by atoms with E-state index in [2.05, 4.69) is 15.4 Å². The fourth-order valence-corrected chi connectivity index (χ4v) is 3.37. The molecule has 0 spiro atoms. The number of halogens is 2. The van der Waals surface area contributed by atoms with Gasteiger partial charge in [0.25, 0.3) is 0 Å². The molecule has 0 aliphatic rings. The van der Waals surface area contributed by atoms with Crippen molar-refractivity contribution in [2.75, 3.05) is 5.32 Å². The lowest BCUT2D eigenvalue weighted by Gasteiger charge is -2.11. The fourth-order valence-electron chi connectivity index (χ4n) is 3.37. The van der Waals surface area contributed by atoms with Crippen LogP contribution in [0.1, 0.15) is 23.4 Å². The van der Waals surface area contributed by atoms with Crippen molar-refractivity contribution in [2.45, 2.75) is 26.7 Å². The Morgan fingerprint density at radius 3 is 2.68 bits per heavy atom. The predicted molar refractivity (Wildman–Crippen MR) is 103 cm³/mol. The lowest BCUT2D eigenvalue weighted by atomic mass is 10.1. The van der Waals surface area contributed by atoms with Crippen LogP contribution in [-0.4, -0.2) is 20.5 Å². The van der Waals surface area contributed by atoms with Gasteiger partial charge < -0.3 is 5.32 Å². The number of anilines is 1. The zero-order chi connectivity index (χ0) is 19.8. The second kappa shape index (κ2) is 6.99. The van der Waals surface area contributed by atoms with Gasteiger partial charge in [-0.3, -0.25) is 4.79 Å². The summed E-state index contributed by atoms with van der Waals surface area (Å²) < 4.78 is 28.1. The molecular formula is C21H18F2N4O. The maximum Gasteiger partial charge on any atom is 0.224 e. The molecule has 0 saturated carbocycles. The number of fused-ring (bicyclic) bond motifs is 3. The van der Waals surface area contributed by atoms with E-state index in [4.69, 9.17) is 0 Å². The summed E-state index contributed by atoms with van der Waals surface area (Å²) in [6.45, 7) is 3.87. The van der Waals surface area contributed by atoms with E-state index in [1.165, 1.54) is 6.07 Å². The zero-order valence-corrected chi connectivity index (χ0v) is 15.5. The van der Waals surface area contributed by atoms with Crippen molar-refractivity contribution in [1.82, 2.24) is 14.6 Å². The Morgan fingerprint density at radius 2 is 1.89 bits per heavy atom. The summed E-state index contributed by atoms with van der Waals surface area (Å²) in [5, 5.41) is 8.18. The highest BCUT2D eigenvalue weighted by atomic mass is 19.2. The smallest absolute Gasteiger partial charge is 0.224 e. The molecule has 7 heteroatoms. The maximum atomic E-state index is 13.3. The number of rotatable bonds is 4. The van der Waals surface area contributed by atoms with Crippen molar-refractivity contribution < 1.29 is 13.6 Å². The zero-order valence-electron chi connectivity index (χ0n) is 15.5. The summed E-state index contributed by atoms with van der Waals surface area (Å²) in [6, 6.07) is 11.1. The third-order valence-electron chi connectivity index (χ3n) is 4.82. The summed E-state index contributed by atoms with van der Waals surface area (Å²) in [5.41, 5.74) is 4.60. The summed E-state index contributed by atoms with van der Waals surface area (Å²) >= 11 is 0. The second-order valence-electron chi connectivity index (χ2n) is 6.69. The molecule has 0 fully saturated rings. The Bertz CT molecular complexity index is 1220. The first-order chi connectivity index (χ1) is 13.4. The van der Waals surface area contributed by atoms with Crippen molar-refractivity contribution in [3.63, 3.8) is 0 Å². The first-order valence-electron chi connectivity index (χ1n) is 8.92. The van der Waals surface area contributed by atoms with Gasteiger partial charge in [0.15, 0.2) is 17.3 Å². The molecular weight excluding hydrogens is 362 g/mol. The van der Waals surface area contributed by atoms with Gasteiger partial charge in [-0.05, 0) is 50.1 Å². The van der Waals surface area contributed by atoms with Gasteiger partial charge in [0.1, 0.15) is 0 Å². The van der Waals surface area contributed by atoms with Gasteiger partial charge in [0.05, 0.1) is 5.52 Å². The molecule has 0 radical (unpaired) electrons. The molecule has 2 aromatic carbocycles. The Labute approximate surface area is 160 Å². The number of nitrogens with zero attached hydrogens (tertiary/aromatic N) is 3. The summed E-state index contributed by atoms with van der Waals surface area (Å²) in [7, 11) is 0. The lowest BCUT2D eigenvalue weighted by molar-refractivity contribution is -0.116. The molecule has 4 aromatic rings. The molecule has 1 amide bonds. The Hall–Kier alpha value is -3.35. The summed E-state index contributed by atoms with van der Waals surface area (Å²) in [5.74, 6) is -2.23. The van der Waals surface area contributed by atoms with Crippen LogP contribution in [0.25, 0.3) is 16.6 Å². The molecule has 28 heavy (non-hydrogen) atoms. The first-order valence-corrected chi connectivity index (χ1v) is 8.92. The van der Waals surface area contributed by atoms with E-state index in [1.807, 2.05) is 38.1 Å². The van der Waals surface area contributed by atoms with Crippen LogP contribution in [-0.2, 0) is 11.2 Å². The van der Waals surface area contributed by atoms with Crippen LogP contribution in [0.4, 0.5) is 14.5 Å². The number of carbonyl (C=O) groups is 1. The predicted octanol–water partition coefficient (Wildman–Crippen LogP) is 4.35. The van der Waals surface area contributed by atoms with Gasteiger partial charge in [0, 0.05) is 34.9 Å². The van der Waals surface area contributed by atoms with Crippen molar-refractivity contribution in [3.05, 3.63) is 71.1 Å². The minimum atomic E-state index is -0.995. The van der Waals surface area contributed by atoms with E-state index in [1.54, 1.807) is 4.52 Å². The quantitative estimate of drug-likeness (QED) is 0.573. The number of nitrogens with one attached hydrogen (secondary N) is 1. The third-order valence-corrected chi connectivity index (χ3v) is 4.82. The van der Waals surface area contributed by atoms with E-state index in [9.17, 15) is 13.6 Å². The number of amides is 1. The third kappa shape index (κ3) is 3.19. The molecule has 0 bridgehead atoms. The minimum absolute atomic E-state index is 0.189. The van der Waals surface area contributed by atoms with Crippen molar-refractivity contribution in [3.8, 4) is 0 Å². The Morgan fingerprint density at radius 1 is 1.11 bits per heavy atom. The molecule has 5 nitrogen and oxygen atoms in total. The standard InChI is InChI=1S/C21H18F2N4O/c1-12-15(8-10-20(28)25-14-7-9-17(22)18(23)11-14)13(2)27-21(24-12)16-5-3-4-6-19(16)26-27/h3-7,9,11H,8,10H2,1-2H3,(H,25,28). The van der Waals surface area contributed by atoms with Gasteiger partial charge >= 0.3 is 0 Å². The summed E-state index contributed by atoms with van der Waals surface area (Å²) in [4.78, 5) is 16.9. The van der Waals surface area contributed by atoms with Crippen molar-refractivity contribution >= 4 is 28.1 Å². The average molecular weight is 380 g/mol. The van der Waals surface area contributed by atoms with Gasteiger partial charge in [-0.2, -0.15) is 5.10 Å². The van der Waals surface area contributed by atoms with Crippen LogP contribution in [0.5, 0.6) is 0 Å². The number of aryl methyl sites for hydroxylation is 2. The maximum absolute atomic E-state index is 13.3. The van der Waals surface area contributed by atoms with E-state index in [0.717, 1.165) is 45.6 Å². The van der Waals surface area contributed by atoms with E-state index < -0.39 is 11.6 Å². The molecule has 0 saturated heterocycles. The van der Waals surface area contributed by atoms with Crippen LogP contribution < -0.4 is 5.32 Å². The Balaban J connectivity index is 1.56. The highest BCUT2D eigenvalue weighted by molar-refractivity contribution is 5.92. The second-order valence-corrected chi connectivity index (χ2v) is 6.69. The SMILES string of the molecule is Cc1nc2c3ccccc3nn2c(C)c1CCC(=O)Nc1ccc(F)c(F)c1. The lowest BCUT2D eigenvalue weighted by Crippen LogP contribution is -2.14. The number of hydrogen-bond acceptors (Lipinski definition) is 3. The minimum Gasteiger partial charge on any atom is -0.326 e. The van der Waals surface area contributed by atoms with E-state index in [0.29, 0.717) is 6.42 Å². The van der Waals surface area contributed by atoms with Crippen LogP contribution >= 0.6 is 0 Å². The van der Waals surface area contributed by atoms with Crippen molar-refractivity contribution in [1.29, 1.82) is 0 Å². The average Bonchev–Trinajstić information content (AvgIpc) is 3.03. The van der Waals surface area contributed by atoms with Crippen LogP contribution in [0, 0.1) is 25.5 Å². The Kier molecular flexibility index (Phi) is 4.50. The number of benzene rings is 2. The molecule has 0 unspecified atom stereocenters. The monoisotopic (exact) mass is 380 g/mol. The molecule has 0 aliphatic heterocycles. The molecule has 142 valence electrons. The number of aromatic nitrogens is 3. The van der Waals surface area contributed by atoms with Gasteiger partial charge in [0.2, 0.25) is 5.91 Å². The highest BCUT2D eigenvalue weighted by Gasteiger charge is 2.15. The van der Waals surface area contributed by atoms with E-state index in [-0.39, 0.29) is 18.0 Å². The van der Waals surface area contributed by atoms with Crippen molar-refractivity contribution in [2.24, 2.45) is 0 Å². The number of carbonyl (C=O) groups excluding carboxylic acids is 1. The highest BCUT2D eigenvalue weighted by Crippen LogP contribution is 2.23. The van der Waals surface area contributed by atoms with Gasteiger partial charge in [-0.15, -0.1) is 0 Å². The molecule has 2 aromatic heterocycles. The molecule has 2 heterocycles. The topological polar surface area (TPSA) is 59.3 Å². The van der Waals surface area contributed by atoms with Gasteiger partial charge in [-0.1, -0.05) is 12.1 Å². The molecule has 0 atom stereocenters. The first kappa shape index (κ1) is 18.0. The van der Waals surface area contributed by atoms with Crippen LogP contribution in [0.3, 0.4) is 0 Å². The van der Waals surface area contributed by atoms with Crippen LogP contribution in [0.15, 0.2) is 42.5 Å². The van der Waals surface area contributed by atoms with Gasteiger partial charge in [-0.25, -0.2) is 18.3 Å². The molecule has 1 N–H and O–H groups in total. The number of hydrogen-bond donors (Lipinski definition) is 1. The van der Waals surface area contributed by atoms with Crippen LogP contribution in [0.2, 0.25) is 0 Å². The van der Waals surface area contributed by atoms with E-state index >= 15 is 0 Å². The summed E-state index contributed by atoms with van der Waals surface area (Å²) in [6.07, 6.45) is 0.654. The fraction of sp³-hybridized carbons (Fsp3) is 0.190. The normalized spacial score (nSPS) is 11.3. The largest absolute Gasteiger partial charge is 0.326 e. The molecule has 4 rings (SSSR count). The molecule has 0 aliphatic carbocycles.